The van der Waals surface area contributed by atoms with Gasteiger partial charge in [0, 0.05) is 12.2 Å². The Hall–Kier alpha value is -1.55. The Morgan fingerprint density at radius 3 is 2.67 bits per heavy atom. The molecule has 0 N–H and O–H groups in total. The molecule has 0 aliphatic carbocycles. The third-order valence-electron chi connectivity index (χ3n) is 3.30. The molecule has 1 aromatic rings. The molecule has 1 atom stereocenters. The molecule has 4 nitrogen and oxygen atoms in total. The lowest BCUT2D eigenvalue weighted by molar-refractivity contribution is 0.0186. The highest BCUT2D eigenvalue weighted by Crippen LogP contribution is 2.31. The number of Topliss-reactive ketones (excluding diaryl/α,β-unsaturated/α-hetero) is 1. The molecule has 0 radical (unpaired) electrons. The van der Waals surface area contributed by atoms with E-state index in [1.807, 2.05) is 0 Å². The minimum atomic E-state index is -0.290. The van der Waals surface area contributed by atoms with E-state index in [1.54, 1.807) is 18.2 Å². The fraction of sp³-hybridized carbons (Fsp3) is 0.500. The van der Waals surface area contributed by atoms with Crippen LogP contribution in [0.25, 0.3) is 0 Å². The monoisotopic (exact) mass is 248 g/mol. The van der Waals surface area contributed by atoms with Crippen molar-refractivity contribution in [2.45, 2.75) is 25.4 Å². The molecule has 0 amide bonds. The Balaban J connectivity index is 1.80. The smallest absolute Gasteiger partial charge is 0.191 e. The van der Waals surface area contributed by atoms with Gasteiger partial charge in [0.05, 0.1) is 0 Å². The zero-order valence-electron chi connectivity index (χ0n) is 10.2. The highest BCUT2D eigenvalue weighted by molar-refractivity contribution is 6.00. The van der Waals surface area contributed by atoms with E-state index in [-0.39, 0.29) is 11.9 Å². The van der Waals surface area contributed by atoms with Crippen LogP contribution in [0.5, 0.6) is 11.5 Å². The van der Waals surface area contributed by atoms with Crippen molar-refractivity contribution < 1.29 is 19.0 Å². The summed E-state index contributed by atoms with van der Waals surface area (Å²) in [6.07, 6.45) is 2.63. The lowest BCUT2D eigenvalue weighted by Gasteiger charge is -2.22. The van der Waals surface area contributed by atoms with Gasteiger partial charge >= 0.3 is 0 Å². The number of carbonyl (C=O) groups excluding carboxylic acids is 1. The molecule has 0 saturated carbocycles. The quantitative estimate of drug-likeness (QED) is 0.753. The van der Waals surface area contributed by atoms with E-state index < -0.39 is 0 Å². The second-order valence-electron chi connectivity index (χ2n) is 4.58. The predicted molar refractivity (Wildman–Crippen MR) is 65.4 cm³/mol. The van der Waals surface area contributed by atoms with Crippen LogP contribution < -0.4 is 9.47 Å². The summed E-state index contributed by atoms with van der Waals surface area (Å²) in [7, 11) is 0. The summed E-state index contributed by atoms with van der Waals surface area (Å²) >= 11 is 0. The van der Waals surface area contributed by atoms with Gasteiger partial charge in [-0.1, -0.05) is 0 Å². The molecule has 2 aliphatic heterocycles. The van der Waals surface area contributed by atoms with Gasteiger partial charge in [-0.05, 0) is 37.5 Å². The largest absolute Gasteiger partial charge is 0.486 e. The fourth-order valence-corrected chi connectivity index (χ4v) is 2.33. The van der Waals surface area contributed by atoms with Crippen LogP contribution in [0.2, 0.25) is 0 Å². The maximum atomic E-state index is 12.3. The van der Waals surface area contributed by atoms with Crippen molar-refractivity contribution in [3.8, 4) is 11.5 Å². The highest BCUT2D eigenvalue weighted by Gasteiger charge is 2.24. The second-order valence-corrected chi connectivity index (χ2v) is 4.58. The van der Waals surface area contributed by atoms with Gasteiger partial charge < -0.3 is 14.2 Å². The zero-order chi connectivity index (χ0) is 12.4. The topological polar surface area (TPSA) is 44.8 Å². The first-order chi connectivity index (χ1) is 8.84. The average molecular weight is 248 g/mol. The molecule has 1 saturated heterocycles. The van der Waals surface area contributed by atoms with Crippen LogP contribution in [0.4, 0.5) is 0 Å². The Labute approximate surface area is 106 Å². The number of benzene rings is 1. The van der Waals surface area contributed by atoms with E-state index in [1.165, 1.54) is 0 Å². The summed E-state index contributed by atoms with van der Waals surface area (Å²) in [5.41, 5.74) is 0.645. The van der Waals surface area contributed by atoms with Gasteiger partial charge in [-0.15, -0.1) is 0 Å². The lowest BCUT2D eigenvalue weighted by atomic mass is 9.99. The van der Waals surface area contributed by atoms with Crippen molar-refractivity contribution in [3.63, 3.8) is 0 Å². The normalized spacial score (nSPS) is 22.6. The third kappa shape index (κ3) is 2.20. The molecule has 2 heterocycles. The first kappa shape index (κ1) is 11.5. The van der Waals surface area contributed by atoms with Crippen LogP contribution >= 0.6 is 0 Å². The average Bonchev–Trinajstić information content (AvgIpc) is 2.47. The molecule has 0 spiro atoms. The van der Waals surface area contributed by atoms with Crippen LogP contribution in [0.1, 0.15) is 29.6 Å². The summed E-state index contributed by atoms with van der Waals surface area (Å²) in [4.78, 5) is 12.3. The first-order valence-electron chi connectivity index (χ1n) is 6.40. The maximum Gasteiger partial charge on any atom is 0.191 e. The number of ketones is 1. The highest BCUT2D eigenvalue weighted by atomic mass is 16.6. The minimum Gasteiger partial charge on any atom is -0.486 e. The number of hydrogen-bond donors (Lipinski definition) is 0. The molecule has 2 aliphatic rings. The van der Waals surface area contributed by atoms with Crippen LogP contribution in [-0.2, 0) is 4.74 Å². The fourth-order valence-electron chi connectivity index (χ4n) is 2.33. The van der Waals surface area contributed by atoms with Crippen molar-refractivity contribution in [2.75, 3.05) is 19.8 Å². The van der Waals surface area contributed by atoms with Crippen molar-refractivity contribution in [1.29, 1.82) is 0 Å². The lowest BCUT2D eigenvalue weighted by Crippen LogP contribution is -2.28. The van der Waals surface area contributed by atoms with Crippen LogP contribution in [0.3, 0.4) is 0 Å². The number of hydrogen-bond acceptors (Lipinski definition) is 4. The van der Waals surface area contributed by atoms with E-state index in [2.05, 4.69) is 0 Å². The van der Waals surface area contributed by atoms with Crippen LogP contribution in [-0.4, -0.2) is 31.7 Å². The number of fused-ring (bicyclic) bond motifs is 1. The summed E-state index contributed by atoms with van der Waals surface area (Å²) in [5.74, 6) is 1.41. The molecular weight excluding hydrogens is 232 g/mol. The molecule has 1 unspecified atom stereocenters. The second kappa shape index (κ2) is 4.98. The maximum absolute atomic E-state index is 12.3. The van der Waals surface area contributed by atoms with E-state index >= 15 is 0 Å². The van der Waals surface area contributed by atoms with Gasteiger partial charge in [-0.25, -0.2) is 0 Å². The number of rotatable bonds is 2. The summed E-state index contributed by atoms with van der Waals surface area (Å²) in [6.45, 7) is 1.78. The van der Waals surface area contributed by atoms with Gasteiger partial charge in [0.15, 0.2) is 17.3 Å². The van der Waals surface area contributed by atoms with Crippen LogP contribution in [0, 0.1) is 0 Å². The number of carbonyl (C=O) groups is 1. The van der Waals surface area contributed by atoms with E-state index in [0.29, 0.717) is 36.9 Å². The molecule has 4 heteroatoms. The summed E-state index contributed by atoms with van der Waals surface area (Å²) < 4.78 is 16.4. The third-order valence-corrected chi connectivity index (χ3v) is 3.30. The molecule has 96 valence electrons. The first-order valence-corrected chi connectivity index (χ1v) is 6.40. The van der Waals surface area contributed by atoms with E-state index in [9.17, 15) is 4.79 Å². The van der Waals surface area contributed by atoms with Crippen molar-refractivity contribution in [3.05, 3.63) is 23.8 Å². The Morgan fingerprint density at radius 2 is 1.89 bits per heavy atom. The molecular formula is C14H16O4. The molecule has 1 aromatic carbocycles. The van der Waals surface area contributed by atoms with Gasteiger partial charge in [0.2, 0.25) is 0 Å². The molecule has 3 rings (SSSR count). The molecule has 0 aromatic heterocycles. The van der Waals surface area contributed by atoms with Gasteiger partial charge in [-0.2, -0.15) is 0 Å². The number of ether oxygens (including phenoxy) is 3. The zero-order valence-corrected chi connectivity index (χ0v) is 10.2. The Bertz CT molecular complexity index is 449. The SMILES string of the molecule is O=C(c1ccc2c(c1)OCCO2)C1CCCCO1. The Kier molecular flexibility index (Phi) is 3.19. The standard InChI is InChI=1S/C14H16O4/c15-14(12-3-1-2-6-16-12)10-4-5-11-13(9-10)18-8-7-17-11/h4-5,9,12H,1-3,6-8H2. The van der Waals surface area contributed by atoms with Gasteiger partial charge in [0.1, 0.15) is 19.3 Å². The van der Waals surface area contributed by atoms with Gasteiger partial charge in [-0.3, -0.25) is 4.79 Å². The van der Waals surface area contributed by atoms with Gasteiger partial charge in [0.25, 0.3) is 0 Å². The van der Waals surface area contributed by atoms with Crippen molar-refractivity contribution >= 4 is 5.78 Å². The molecule has 1 fully saturated rings. The summed E-state index contributed by atoms with van der Waals surface area (Å²) in [5, 5.41) is 0. The van der Waals surface area contributed by atoms with E-state index in [4.69, 9.17) is 14.2 Å². The predicted octanol–water partition coefficient (Wildman–Crippen LogP) is 2.21. The minimum absolute atomic E-state index is 0.0478. The van der Waals surface area contributed by atoms with Crippen molar-refractivity contribution in [2.24, 2.45) is 0 Å². The molecule has 18 heavy (non-hydrogen) atoms. The molecule has 0 bridgehead atoms. The summed E-state index contributed by atoms with van der Waals surface area (Å²) in [6, 6.07) is 5.34. The Morgan fingerprint density at radius 1 is 1.06 bits per heavy atom. The van der Waals surface area contributed by atoms with Crippen LogP contribution in [0.15, 0.2) is 18.2 Å². The van der Waals surface area contributed by atoms with E-state index in [0.717, 1.165) is 19.3 Å². The van der Waals surface area contributed by atoms with Crippen molar-refractivity contribution in [1.82, 2.24) is 0 Å².